The molecule has 0 spiro atoms. The Morgan fingerprint density at radius 1 is 0.211 bits per heavy atom. The summed E-state index contributed by atoms with van der Waals surface area (Å²) in [6.45, 7) is 0. The first-order chi connectivity index (χ1) is 28.5. The summed E-state index contributed by atoms with van der Waals surface area (Å²) in [5.41, 5.74) is 2.84. The summed E-state index contributed by atoms with van der Waals surface area (Å²) in [5, 5.41) is 0. The van der Waals surface area contributed by atoms with Crippen LogP contribution in [0.3, 0.4) is 0 Å². The van der Waals surface area contributed by atoms with Crippen molar-refractivity contribution in [3.8, 4) is 0 Å². The van der Waals surface area contributed by atoms with E-state index in [-0.39, 0.29) is 0 Å². The minimum Gasteiger partial charge on any atom is -0.0885 e. The molecule has 0 amide bonds. The number of fused-ring (bicyclic) bond motifs is 1. The van der Waals surface area contributed by atoms with Gasteiger partial charge in [-0.25, -0.2) is 0 Å². The summed E-state index contributed by atoms with van der Waals surface area (Å²) >= 11 is 0. The maximum Gasteiger partial charge on any atom is -0.00882 e. The molecule has 0 heteroatoms. The normalized spacial score (nSPS) is 21.3. The van der Waals surface area contributed by atoms with E-state index in [4.69, 9.17) is 0 Å². The van der Waals surface area contributed by atoms with Crippen LogP contribution in [0, 0.1) is 0 Å². The van der Waals surface area contributed by atoms with Crippen molar-refractivity contribution in [2.24, 2.45) is 0 Å². The third kappa shape index (κ3) is 36.7. The molecule has 324 valence electrons. The molecule has 0 aromatic heterocycles. The first-order valence-electron chi connectivity index (χ1n) is 25.8. The molecule has 0 saturated carbocycles. The Morgan fingerprint density at radius 3 is 0.649 bits per heavy atom. The minimum atomic E-state index is 1.12. The maximum absolute atomic E-state index is 2.38. The van der Waals surface area contributed by atoms with E-state index in [9.17, 15) is 0 Å². The van der Waals surface area contributed by atoms with Crippen LogP contribution in [0.25, 0.3) is 6.08 Å². The van der Waals surface area contributed by atoms with E-state index < -0.39 is 0 Å². The highest BCUT2D eigenvalue weighted by atomic mass is 14.1. The summed E-state index contributed by atoms with van der Waals surface area (Å²) in [6, 6.07) is 8.49. The number of allylic oxidation sites excluding steroid dienone is 9. The Morgan fingerprint density at radius 2 is 0.421 bits per heavy atom. The molecular formula is C57H96. The van der Waals surface area contributed by atoms with Crippen LogP contribution in [-0.2, 0) is 6.42 Å². The van der Waals surface area contributed by atoms with Crippen LogP contribution in [0.1, 0.15) is 268 Å². The number of benzene rings is 1. The smallest absolute Gasteiger partial charge is 0.00882 e. The van der Waals surface area contributed by atoms with Gasteiger partial charge < -0.3 is 0 Å². The topological polar surface area (TPSA) is 0 Å². The molecule has 1 aromatic carbocycles. The predicted octanol–water partition coefficient (Wildman–Crippen LogP) is 20.1. The molecular weight excluding hydrogens is 685 g/mol. The largest absolute Gasteiger partial charge is 0.0885 e. The average molecular weight is 781 g/mol. The maximum atomic E-state index is 2.38. The van der Waals surface area contributed by atoms with Gasteiger partial charge in [-0.3, -0.25) is 0 Å². The van der Waals surface area contributed by atoms with Crippen LogP contribution in [-0.4, -0.2) is 0 Å². The van der Waals surface area contributed by atoms with Crippen LogP contribution in [0.15, 0.2) is 78.9 Å². The summed E-state index contributed by atoms with van der Waals surface area (Å²) in [6.07, 6.45) is 81.5. The van der Waals surface area contributed by atoms with Crippen molar-refractivity contribution in [2.75, 3.05) is 0 Å². The van der Waals surface area contributed by atoms with Crippen molar-refractivity contribution in [3.05, 3.63) is 90.1 Å². The fraction of sp³-hybridized carbons (Fsp3) is 0.719. The number of rotatable bonds is 0. The zero-order valence-corrected chi connectivity index (χ0v) is 38.1. The van der Waals surface area contributed by atoms with Gasteiger partial charge in [0.2, 0.25) is 0 Å². The second-order valence-corrected chi connectivity index (χ2v) is 17.8. The molecule has 0 unspecified atom stereocenters. The summed E-state index contributed by atoms with van der Waals surface area (Å²) in [5.74, 6) is 0. The first kappa shape index (κ1) is 51.1. The van der Waals surface area contributed by atoms with Crippen molar-refractivity contribution in [2.45, 2.75) is 263 Å². The lowest BCUT2D eigenvalue weighted by Crippen LogP contribution is -1.82. The third-order valence-corrected chi connectivity index (χ3v) is 12.3. The quantitative estimate of drug-likeness (QED) is 0.230. The second kappa shape index (κ2) is 43.5. The molecule has 0 radical (unpaired) electrons. The Hall–Kier alpha value is -2.08. The van der Waals surface area contributed by atoms with Gasteiger partial charge in [-0.05, 0) is 120 Å². The first-order valence-corrected chi connectivity index (χ1v) is 25.8. The van der Waals surface area contributed by atoms with Crippen LogP contribution in [0.2, 0.25) is 0 Å². The van der Waals surface area contributed by atoms with E-state index in [0.29, 0.717) is 0 Å². The van der Waals surface area contributed by atoms with Gasteiger partial charge in [-0.1, -0.05) is 239 Å². The van der Waals surface area contributed by atoms with Crippen molar-refractivity contribution < 1.29 is 0 Å². The SMILES string of the molecule is C1=CCCCCCCCCCC1.C1=CCCCCCCCCCC1.C1=CCCCCCCCCCC1.C1=CCCCCCCCCCC1.C1=Cc2ccccc2C1. The van der Waals surface area contributed by atoms with Gasteiger partial charge in [-0.2, -0.15) is 0 Å². The van der Waals surface area contributed by atoms with E-state index >= 15 is 0 Å². The zero-order valence-electron chi connectivity index (χ0n) is 38.1. The Kier molecular flexibility index (Phi) is 39.0. The summed E-state index contributed by atoms with van der Waals surface area (Å²) in [7, 11) is 0. The zero-order chi connectivity index (χ0) is 40.0. The molecule has 5 aliphatic carbocycles. The van der Waals surface area contributed by atoms with Crippen molar-refractivity contribution >= 4 is 6.08 Å². The molecule has 57 heavy (non-hydrogen) atoms. The Labute approximate surface area is 358 Å². The lowest BCUT2D eigenvalue weighted by Gasteiger charge is -2.02. The molecule has 0 aliphatic heterocycles. The third-order valence-electron chi connectivity index (χ3n) is 12.3. The second-order valence-electron chi connectivity index (χ2n) is 17.8. The Balaban J connectivity index is 0.000000246. The van der Waals surface area contributed by atoms with Gasteiger partial charge in [0.1, 0.15) is 0 Å². The molecule has 0 N–H and O–H groups in total. The van der Waals surface area contributed by atoms with Crippen molar-refractivity contribution in [1.82, 2.24) is 0 Å². The van der Waals surface area contributed by atoms with Crippen molar-refractivity contribution in [3.63, 3.8) is 0 Å². The molecule has 0 nitrogen and oxygen atoms in total. The Bertz CT molecular complexity index is 921. The van der Waals surface area contributed by atoms with Gasteiger partial charge >= 0.3 is 0 Å². The van der Waals surface area contributed by atoms with Gasteiger partial charge in [0.25, 0.3) is 0 Å². The van der Waals surface area contributed by atoms with Crippen LogP contribution >= 0.6 is 0 Å². The van der Waals surface area contributed by atoms with Gasteiger partial charge in [-0.15, -0.1) is 0 Å². The number of hydrogen-bond donors (Lipinski definition) is 0. The molecule has 5 aliphatic rings. The van der Waals surface area contributed by atoms with Crippen LogP contribution < -0.4 is 0 Å². The molecule has 0 atom stereocenters. The molecule has 0 saturated heterocycles. The average Bonchev–Trinajstić information content (AvgIpc) is 3.69. The fourth-order valence-electron chi connectivity index (χ4n) is 8.48. The van der Waals surface area contributed by atoms with Crippen LogP contribution in [0.4, 0.5) is 0 Å². The van der Waals surface area contributed by atoms with Gasteiger partial charge in [0.05, 0.1) is 0 Å². The fourth-order valence-corrected chi connectivity index (χ4v) is 8.48. The van der Waals surface area contributed by atoms with E-state index in [1.807, 2.05) is 0 Å². The van der Waals surface area contributed by atoms with Crippen molar-refractivity contribution in [1.29, 1.82) is 0 Å². The monoisotopic (exact) mass is 781 g/mol. The highest BCUT2D eigenvalue weighted by Crippen LogP contribution is 2.18. The van der Waals surface area contributed by atoms with E-state index in [1.165, 1.54) is 268 Å². The molecule has 0 bridgehead atoms. The van der Waals surface area contributed by atoms with E-state index in [0.717, 1.165) is 6.42 Å². The lowest BCUT2D eigenvalue weighted by atomic mass is 10.0. The summed E-state index contributed by atoms with van der Waals surface area (Å²) < 4.78 is 0. The summed E-state index contributed by atoms with van der Waals surface area (Å²) in [4.78, 5) is 0. The van der Waals surface area contributed by atoms with Gasteiger partial charge in [0.15, 0.2) is 0 Å². The minimum absolute atomic E-state index is 1.12. The molecule has 0 fully saturated rings. The van der Waals surface area contributed by atoms with E-state index in [2.05, 4.69) is 85.0 Å². The van der Waals surface area contributed by atoms with Crippen LogP contribution in [0.5, 0.6) is 0 Å². The highest BCUT2D eigenvalue weighted by molar-refractivity contribution is 5.59. The molecule has 0 heterocycles. The van der Waals surface area contributed by atoms with Gasteiger partial charge in [0, 0.05) is 0 Å². The molecule has 6 rings (SSSR count). The van der Waals surface area contributed by atoms with E-state index in [1.54, 1.807) is 0 Å². The lowest BCUT2D eigenvalue weighted by molar-refractivity contribution is 0.566. The highest BCUT2D eigenvalue weighted by Gasteiger charge is 2.00. The standard InChI is InChI=1S/4C12H22.C9H8/c4*1-2-4-6-8-10-12-11-9-7-5-3-1;1-2-5-9-7-3-6-8(9)4-1/h4*1-2H,3-12H2;1-6H,7H2. The molecule has 1 aromatic rings. The predicted molar refractivity (Wildman–Crippen MR) is 260 cm³/mol. The number of hydrogen-bond acceptors (Lipinski definition) is 0.